The molecule has 0 aliphatic rings. The monoisotopic (exact) mass is 204 g/mol. The third-order valence-corrected chi connectivity index (χ3v) is 2.52. The van der Waals surface area contributed by atoms with Crippen LogP contribution < -0.4 is 0 Å². The van der Waals surface area contributed by atoms with Gasteiger partial charge in [0.2, 0.25) is 0 Å². The lowest BCUT2D eigenvalue weighted by atomic mass is 10.5. The van der Waals surface area contributed by atoms with Crippen molar-refractivity contribution < 1.29 is 18.6 Å². The highest BCUT2D eigenvalue weighted by Crippen LogP contribution is 2.40. The van der Waals surface area contributed by atoms with Gasteiger partial charge in [0.15, 0.2) is 0 Å². The Morgan fingerprint density at radius 2 is 1.77 bits per heavy atom. The lowest BCUT2D eigenvalue weighted by molar-refractivity contribution is -0.131. The molecule has 0 rings (SSSR count). The van der Waals surface area contributed by atoms with Crippen LogP contribution >= 0.6 is 8.38 Å². The van der Waals surface area contributed by atoms with Crippen LogP contribution in [0.25, 0.3) is 0 Å². The molecule has 0 amide bonds. The fourth-order valence-corrected chi connectivity index (χ4v) is 1.75. The summed E-state index contributed by atoms with van der Waals surface area (Å²) in [5.41, 5.74) is 0. The topological polar surface area (TPSA) is 52.6 Å². The number of carbonyl (C=O) groups is 2. The maximum atomic E-state index is 10.7. The Labute approximate surface area is 78.8 Å². The standard InChI is InChI=1S/C8H13O4P/c1-6(2)11-13(5-7(3)9)12-8(4)10/h1,5H2,2-4H3. The molecule has 0 N–H and O–H groups in total. The Morgan fingerprint density at radius 3 is 2.08 bits per heavy atom. The molecule has 0 aromatic heterocycles. The van der Waals surface area contributed by atoms with Gasteiger partial charge in [-0.15, -0.1) is 0 Å². The van der Waals surface area contributed by atoms with Crippen LogP contribution in [0, 0.1) is 0 Å². The van der Waals surface area contributed by atoms with Gasteiger partial charge in [-0.05, 0) is 13.8 Å². The predicted molar refractivity (Wildman–Crippen MR) is 50.1 cm³/mol. The van der Waals surface area contributed by atoms with Crippen LogP contribution in [-0.4, -0.2) is 17.9 Å². The van der Waals surface area contributed by atoms with Gasteiger partial charge in [0.25, 0.3) is 8.38 Å². The van der Waals surface area contributed by atoms with Gasteiger partial charge in [-0.3, -0.25) is 9.59 Å². The van der Waals surface area contributed by atoms with Gasteiger partial charge in [0.05, 0.1) is 11.9 Å². The molecule has 4 nitrogen and oxygen atoms in total. The number of carbonyl (C=O) groups excluding carboxylic acids is 2. The summed E-state index contributed by atoms with van der Waals surface area (Å²) >= 11 is 0. The zero-order valence-electron chi connectivity index (χ0n) is 7.99. The van der Waals surface area contributed by atoms with Crippen molar-refractivity contribution in [2.75, 3.05) is 6.16 Å². The number of ketones is 1. The maximum absolute atomic E-state index is 10.7. The maximum Gasteiger partial charge on any atom is 0.307 e. The quantitative estimate of drug-likeness (QED) is 0.507. The van der Waals surface area contributed by atoms with E-state index in [4.69, 9.17) is 9.05 Å². The van der Waals surface area contributed by atoms with Gasteiger partial charge in [-0.25, -0.2) is 0 Å². The summed E-state index contributed by atoms with van der Waals surface area (Å²) in [5.74, 6) is -0.0872. The number of Topliss-reactive ketones (excluding diaryl/α,β-unsaturated/α-hetero) is 1. The van der Waals surface area contributed by atoms with Gasteiger partial charge in [0.1, 0.15) is 5.78 Å². The highest BCUT2D eigenvalue weighted by atomic mass is 31.2. The van der Waals surface area contributed by atoms with Crippen LogP contribution in [-0.2, 0) is 18.6 Å². The number of hydrogen-bond acceptors (Lipinski definition) is 4. The molecule has 1 unspecified atom stereocenters. The third kappa shape index (κ3) is 7.47. The van der Waals surface area contributed by atoms with Crippen molar-refractivity contribution >= 4 is 20.1 Å². The number of allylic oxidation sites excluding steroid dienone is 1. The average Bonchev–Trinajstić information content (AvgIpc) is 1.80. The fourth-order valence-electron chi connectivity index (χ4n) is 0.582. The van der Waals surface area contributed by atoms with E-state index in [1.54, 1.807) is 6.92 Å². The molecule has 5 heteroatoms. The van der Waals surface area contributed by atoms with Crippen LogP contribution in [0.4, 0.5) is 0 Å². The molecule has 0 aliphatic heterocycles. The van der Waals surface area contributed by atoms with Crippen molar-refractivity contribution in [1.29, 1.82) is 0 Å². The van der Waals surface area contributed by atoms with Crippen LogP contribution in [0.1, 0.15) is 20.8 Å². The molecular weight excluding hydrogens is 191 g/mol. The van der Waals surface area contributed by atoms with Crippen LogP contribution in [0.3, 0.4) is 0 Å². The Hall–Kier alpha value is -0.890. The molecule has 1 atom stereocenters. The van der Waals surface area contributed by atoms with E-state index in [0.717, 1.165) is 0 Å². The smallest absolute Gasteiger partial charge is 0.307 e. The summed E-state index contributed by atoms with van der Waals surface area (Å²) in [5, 5.41) is 0. The molecule has 0 saturated carbocycles. The molecule has 13 heavy (non-hydrogen) atoms. The van der Waals surface area contributed by atoms with Gasteiger partial charge < -0.3 is 9.05 Å². The first-order chi connectivity index (χ1) is 5.91. The zero-order chi connectivity index (χ0) is 10.4. The molecule has 0 aliphatic carbocycles. The van der Waals surface area contributed by atoms with Crippen molar-refractivity contribution in [1.82, 2.24) is 0 Å². The fraction of sp³-hybridized carbons (Fsp3) is 0.500. The second-order valence-electron chi connectivity index (χ2n) is 2.57. The van der Waals surface area contributed by atoms with E-state index in [0.29, 0.717) is 5.76 Å². The molecule has 0 heterocycles. The van der Waals surface area contributed by atoms with Crippen molar-refractivity contribution in [2.45, 2.75) is 20.8 Å². The first kappa shape index (κ1) is 12.1. The van der Waals surface area contributed by atoms with Gasteiger partial charge in [-0.2, -0.15) is 0 Å². The van der Waals surface area contributed by atoms with Crippen LogP contribution in [0.15, 0.2) is 12.3 Å². The Bertz CT molecular complexity index is 186. The minimum Gasteiger partial charge on any atom is -0.444 e. The summed E-state index contributed by atoms with van der Waals surface area (Å²) in [4.78, 5) is 21.3. The Kier molecular flexibility index (Phi) is 5.31. The van der Waals surface area contributed by atoms with Crippen LogP contribution in [0.5, 0.6) is 0 Å². The first-order valence-electron chi connectivity index (χ1n) is 3.70. The molecular formula is C8H13O4P. The molecule has 0 spiro atoms. The molecule has 0 aromatic rings. The molecule has 0 radical (unpaired) electrons. The lowest BCUT2D eigenvalue weighted by Crippen LogP contribution is -2.04. The minimum atomic E-state index is -1.48. The molecule has 0 bridgehead atoms. The van der Waals surface area contributed by atoms with E-state index < -0.39 is 14.3 Å². The summed E-state index contributed by atoms with van der Waals surface area (Å²) < 4.78 is 9.87. The third-order valence-electron chi connectivity index (χ3n) is 0.840. The molecule has 74 valence electrons. The minimum absolute atomic E-state index is 0.0754. The second kappa shape index (κ2) is 5.70. The number of hydrogen-bond donors (Lipinski definition) is 0. The summed E-state index contributed by atoms with van der Waals surface area (Å²) in [6.07, 6.45) is 0.113. The number of rotatable bonds is 5. The lowest BCUT2D eigenvalue weighted by Gasteiger charge is -2.14. The van der Waals surface area contributed by atoms with Crippen molar-refractivity contribution in [3.05, 3.63) is 12.3 Å². The first-order valence-corrected chi connectivity index (χ1v) is 5.07. The molecule has 0 fully saturated rings. The van der Waals surface area contributed by atoms with Crippen LogP contribution in [0.2, 0.25) is 0 Å². The van der Waals surface area contributed by atoms with Crippen molar-refractivity contribution in [2.24, 2.45) is 0 Å². The highest BCUT2D eigenvalue weighted by Gasteiger charge is 2.17. The SMILES string of the molecule is C=C(C)OP(CC(C)=O)OC(C)=O. The van der Waals surface area contributed by atoms with E-state index in [1.807, 2.05) is 0 Å². The summed E-state index contributed by atoms with van der Waals surface area (Å²) in [7, 11) is -1.48. The van der Waals surface area contributed by atoms with Crippen molar-refractivity contribution in [3.8, 4) is 0 Å². The van der Waals surface area contributed by atoms with E-state index in [-0.39, 0.29) is 11.9 Å². The Balaban J connectivity index is 4.10. The highest BCUT2D eigenvalue weighted by molar-refractivity contribution is 7.49. The second-order valence-corrected chi connectivity index (χ2v) is 3.92. The largest absolute Gasteiger partial charge is 0.444 e. The summed E-state index contributed by atoms with van der Waals surface area (Å²) in [6.45, 7) is 7.83. The Morgan fingerprint density at radius 1 is 1.23 bits per heavy atom. The van der Waals surface area contributed by atoms with Gasteiger partial charge in [-0.1, -0.05) is 6.58 Å². The van der Waals surface area contributed by atoms with Crippen molar-refractivity contribution in [3.63, 3.8) is 0 Å². The molecule has 0 saturated heterocycles. The predicted octanol–water partition coefficient (Wildman–Crippen LogP) is 2.00. The molecule has 0 aromatic carbocycles. The van der Waals surface area contributed by atoms with E-state index >= 15 is 0 Å². The van der Waals surface area contributed by atoms with E-state index in [9.17, 15) is 9.59 Å². The van der Waals surface area contributed by atoms with Gasteiger partial charge in [0, 0.05) is 6.92 Å². The summed E-state index contributed by atoms with van der Waals surface area (Å²) in [6, 6.07) is 0. The zero-order valence-corrected chi connectivity index (χ0v) is 8.89. The van der Waals surface area contributed by atoms with E-state index in [2.05, 4.69) is 6.58 Å². The average molecular weight is 204 g/mol. The normalized spacial score (nSPS) is 11.6. The van der Waals surface area contributed by atoms with Gasteiger partial charge >= 0.3 is 5.97 Å². The van der Waals surface area contributed by atoms with E-state index in [1.165, 1.54) is 13.8 Å².